The first-order valence-corrected chi connectivity index (χ1v) is 6.60. The van der Waals surface area contributed by atoms with Crippen LogP contribution in [0.3, 0.4) is 0 Å². The smallest absolute Gasteiger partial charge is 0.294 e. The number of nitro benzene ring substituents is 1. The fourth-order valence-corrected chi connectivity index (χ4v) is 2.65. The van der Waals surface area contributed by atoms with Crippen molar-refractivity contribution in [2.24, 2.45) is 0 Å². The van der Waals surface area contributed by atoms with Gasteiger partial charge in [-0.05, 0) is 18.9 Å². The molecule has 2 rings (SSSR count). The molecular formula is C11H11Cl3N2O2. The van der Waals surface area contributed by atoms with Gasteiger partial charge in [0.2, 0.25) is 0 Å². The fraction of sp³-hybridized carbons (Fsp3) is 0.455. The number of piperidine rings is 1. The Morgan fingerprint density at radius 2 is 1.89 bits per heavy atom. The summed E-state index contributed by atoms with van der Waals surface area (Å²) in [6.45, 7) is 1.11. The molecule has 1 fully saturated rings. The normalized spacial score (nSPS) is 18.7. The van der Waals surface area contributed by atoms with Crippen molar-refractivity contribution >= 4 is 46.2 Å². The number of hydrogen-bond acceptors (Lipinski definition) is 3. The summed E-state index contributed by atoms with van der Waals surface area (Å²) in [4.78, 5) is 12.5. The predicted octanol–water partition coefficient (Wildman–Crippen LogP) is 4.02. The molecule has 1 heterocycles. The molecule has 0 unspecified atom stereocenters. The fourth-order valence-electron chi connectivity index (χ4n) is 2.02. The monoisotopic (exact) mass is 308 g/mol. The Labute approximate surface area is 120 Å². The molecule has 0 saturated carbocycles. The lowest BCUT2D eigenvalue weighted by Gasteiger charge is -2.35. The van der Waals surface area contributed by atoms with Crippen LogP contribution in [-0.2, 0) is 0 Å². The standard InChI is InChI=1S/C11H11Cl3N2O2/c12-8-2-1-3-9(16(17)18)10(8)15-6-4-11(13,14)5-7-15/h1-3H,4-7H2. The Kier molecular flexibility index (Phi) is 3.90. The summed E-state index contributed by atoms with van der Waals surface area (Å²) in [5.41, 5.74) is 0.465. The van der Waals surface area contributed by atoms with Gasteiger partial charge in [0.1, 0.15) is 10.0 Å². The maximum atomic E-state index is 11.0. The van der Waals surface area contributed by atoms with Crippen LogP contribution < -0.4 is 4.90 Å². The van der Waals surface area contributed by atoms with Crippen molar-refractivity contribution in [2.75, 3.05) is 18.0 Å². The Hall–Kier alpha value is -0.710. The van der Waals surface area contributed by atoms with Crippen LogP contribution >= 0.6 is 34.8 Å². The lowest BCUT2D eigenvalue weighted by Crippen LogP contribution is -2.38. The number of rotatable bonds is 2. The highest BCUT2D eigenvalue weighted by Gasteiger charge is 2.33. The zero-order valence-electron chi connectivity index (χ0n) is 9.41. The van der Waals surface area contributed by atoms with Crippen molar-refractivity contribution in [3.05, 3.63) is 33.3 Å². The molecule has 0 spiro atoms. The van der Waals surface area contributed by atoms with Crippen LogP contribution in [0.15, 0.2) is 18.2 Å². The quantitative estimate of drug-likeness (QED) is 0.471. The van der Waals surface area contributed by atoms with E-state index in [9.17, 15) is 10.1 Å². The van der Waals surface area contributed by atoms with Gasteiger partial charge in [-0.2, -0.15) is 0 Å². The van der Waals surface area contributed by atoms with Gasteiger partial charge in [-0.3, -0.25) is 10.1 Å². The van der Waals surface area contributed by atoms with E-state index in [0.29, 0.717) is 36.6 Å². The Morgan fingerprint density at radius 1 is 1.28 bits per heavy atom. The first-order chi connectivity index (χ1) is 8.41. The topological polar surface area (TPSA) is 46.4 Å². The maximum Gasteiger partial charge on any atom is 0.294 e. The number of nitrogens with zero attached hydrogens (tertiary/aromatic N) is 2. The van der Waals surface area contributed by atoms with E-state index >= 15 is 0 Å². The zero-order chi connectivity index (χ0) is 13.3. The highest BCUT2D eigenvalue weighted by atomic mass is 35.5. The summed E-state index contributed by atoms with van der Waals surface area (Å²) in [7, 11) is 0. The number of para-hydroxylation sites is 1. The highest BCUT2D eigenvalue weighted by molar-refractivity contribution is 6.48. The van der Waals surface area contributed by atoms with Crippen LogP contribution in [0.1, 0.15) is 12.8 Å². The minimum absolute atomic E-state index is 0.0131. The number of alkyl halides is 2. The number of nitro groups is 1. The van der Waals surface area contributed by atoms with E-state index in [2.05, 4.69) is 0 Å². The minimum atomic E-state index is -0.744. The van der Waals surface area contributed by atoms with Crippen LogP contribution in [0, 0.1) is 10.1 Å². The molecule has 18 heavy (non-hydrogen) atoms. The number of hydrogen-bond donors (Lipinski definition) is 0. The molecule has 1 aliphatic heterocycles. The van der Waals surface area contributed by atoms with Crippen molar-refractivity contribution in [1.82, 2.24) is 0 Å². The summed E-state index contributed by atoms with van der Waals surface area (Å²) < 4.78 is -0.744. The molecule has 98 valence electrons. The van der Waals surface area contributed by atoms with Gasteiger partial charge in [-0.15, -0.1) is 23.2 Å². The Balaban J connectivity index is 2.31. The van der Waals surface area contributed by atoms with Gasteiger partial charge in [-0.25, -0.2) is 0 Å². The molecule has 1 aromatic rings. The second kappa shape index (κ2) is 5.11. The number of halogens is 3. The third kappa shape index (κ3) is 2.82. The lowest BCUT2D eigenvalue weighted by molar-refractivity contribution is -0.384. The van der Waals surface area contributed by atoms with Crippen molar-refractivity contribution < 1.29 is 4.92 Å². The SMILES string of the molecule is O=[N+]([O-])c1cccc(Cl)c1N1CCC(Cl)(Cl)CC1. The lowest BCUT2D eigenvalue weighted by atomic mass is 10.1. The van der Waals surface area contributed by atoms with Gasteiger partial charge >= 0.3 is 0 Å². The van der Waals surface area contributed by atoms with Crippen molar-refractivity contribution in [1.29, 1.82) is 0 Å². The second-order valence-corrected chi connectivity index (χ2v) is 6.26. The average molecular weight is 310 g/mol. The summed E-state index contributed by atoms with van der Waals surface area (Å²) in [5, 5.41) is 11.4. The van der Waals surface area contributed by atoms with E-state index in [4.69, 9.17) is 34.8 Å². The first kappa shape index (κ1) is 13.7. The van der Waals surface area contributed by atoms with E-state index < -0.39 is 9.26 Å². The first-order valence-electron chi connectivity index (χ1n) is 5.46. The molecular weight excluding hydrogens is 298 g/mol. The Morgan fingerprint density at radius 3 is 2.44 bits per heavy atom. The predicted molar refractivity (Wildman–Crippen MR) is 74.0 cm³/mol. The van der Waals surface area contributed by atoms with Crippen LogP contribution in [0.4, 0.5) is 11.4 Å². The van der Waals surface area contributed by atoms with E-state index in [1.54, 1.807) is 12.1 Å². The van der Waals surface area contributed by atoms with Crippen LogP contribution in [-0.4, -0.2) is 22.3 Å². The molecule has 1 saturated heterocycles. The third-order valence-corrected chi connectivity index (χ3v) is 4.03. The van der Waals surface area contributed by atoms with Crippen molar-refractivity contribution in [3.8, 4) is 0 Å². The molecule has 1 aliphatic rings. The van der Waals surface area contributed by atoms with Gasteiger partial charge < -0.3 is 4.90 Å². The number of anilines is 1. The highest BCUT2D eigenvalue weighted by Crippen LogP contribution is 2.40. The zero-order valence-corrected chi connectivity index (χ0v) is 11.7. The molecule has 0 amide bonds. The molecule has 0 aromatic heterocycles. The molecule has 7 heteroatoms. The van der Waals surface area contributed by atoms with Gasteiger partial charge in [0.25, 0.3) is 5.69 Å². The largest absolute Gasteiger partial charge is 0.365 e. The maximum absolute atomic E-state index is 11.0. The minimum Gasteiger partial charge on any atom is -0.365 e. The van der Waals surface area contributed by atoms with E-state index in [-0.39, 0.29) is 5.69 Å². The molecule has 0 bridgehead atoms. The summed E-state index contributed by atoms with van der Waals surface area (Å²) in [5.74, 6) is 0. The molecule has 4 nitrogen and oxygen atoms in total. The average Bonchev–Trinajstić information content (AvgIpc) is 2.29. The van der Waals surface area contributed by atoms with Crippen LogP contribution in [0.2, 0.25) is 5.02 Å². The van der Waals surface area contributed by atoms with Crippen LogP contribution in [0.5, 0.6) is 0 Å². The van der Waals surface area contributed by atoms with Crippen molar-refractivity contribution in [3.63, 3.8) is 0 Å². The van der Waals surface area contributed by atoms with Crippen LogP contribution in [0.25, 0.3) is 0 Å². The summed E-state index contributed by atoms with van der Waals surface area (Å²) >= 11 is 18.1. The molecule has 0 atom stereocenters. The molecule has 0 N–H and O–H groups in total. The van der Waals surface area contributed by atoms with Gasteiger partial charge in [0.05, 0.1) is 9.95 Å². The van der Waals surface area contributed by atoms with Gasteiger partial charge in [-0.1, -0.05) is 17.7 Å². The second-order valence-electron chi connectivity index (χ2n) is 4.21. The molecule has 1 aromatic carbocycles. The van der Waals surface area contributed by atoms with E-state index in [1.807, 2.05) is 4.90 Å². The summed E-state index contributed by atoms with van der Waals surface area (Å²) in [6.07, 6.45) is 1.11. The molecule has 0 aliphatic carbocycles. The van der Waals surface area contributed by atoms with Gasteiger partial charge in [0.15, 0.2) is 0 Å². The third-order valence-electron chi connectivity index (χ3n) is 2.97. The number of benzene rings is 1. The Bertz CT molecular complexity index is 469. The van der Waals surface area contributed by atoms with E-state index in [0.717, 1.165) is 0 Å². The molecule has 0 radical (unpaired) electrons. The van der Waals surface area contributed by atoms with Gasteiger partial charge in [0, 0.05) is 19.2 Å². The summed E-state index contributed by atoms with van der Waals surface area (Å²) in [6, 6.07) is 4.67. The van der Waals surface area contributed by atoms with E-state index in [1.165, 1.54) is 6.07 Å². The van der Waals surface area contributed by atoms with Crippen molar-refractivity contribution in [2.45, 2.75) is 17.2 Å².